The molecule has 0 radical (unpaired) electrons. The zero-order valence-corrected chi connectivity index (χ0v) is 7.39. The molecule has 0 spiro atoms. The minimum absolute atomic E-state index is 0. The molecule has 0 fully saturated rings. The van der Waals surface area contributed by atoms with Gasteiger partial charge >= 0.3 is 0 Å². The maximum Gasteiger partial charge on any atom is 0.256 e. The Morgan fingerprint density at radius 3 is 2.33 bits per heavy atom. The van der Waals surface area contributed by atoms with Crippen molar-refractivity contribution in [1.29, 1.82) is 0 Å². The lowest BCUT2D eigenvalue weighted by Crippen LogP contribution is -1.87. The summed E-state index contributed by atoms with van der Waals surface area (Å²) in [4.78, 5) is 10.5. The summed E-state index contributed by atoms with van der Waals surface area (Å²) in [5, 5.41) is 17.1. The van der Waals surface area contributed by atoms with Crippen LogP contribution in [0, 0.1) is 0 Å². The van der Waals surface area contributed by atoms with E-state index in [1.165, 1.54) is 12.1 Å². The van der Waals surface area contributed by atoms with E-state index in [0.29, 0.717) is 0 Å². The number of carbonyl (C=O) groups excluding carboxylic acids is 1. The molecule has 1 aromatic carbocycles. The van der Waals surface area contributed by atoms with Crippen molar-refractivity contribution in [2.75, 3.05) is 0 Å². The molecular formula is C7H6Cl2O3. The van der Waals surface area contributed by atoms with Crippen LogP contribution in [0.2, 0.25) is 0 Å². The lowest BCUT2D eigenvalue weighted by atomic mass is 10.2. The first-order valence-electron chi connectivity index (χ1n) is 2.83. The van der Waals surface area contributed by atoms with Crippen LogP contribution >= 0.6 is 24.0 Å². The standard InChI is InChI=1S/C7H5ClO3.ClH/c8-7(11)5-2-1-4(9)3-6(5)10;/h1-3,9-10H;1H. The highest BCUT2D eigenvalue weighted by molar-refractivity contribution is 6.68. The number of carbonyl (C=O) groups is 1. The molecule has 0 bridgehead atoms. The molecule has 0 aromatic heterocycles. The Morgan fingerprint density at radius 2 is 1.92 bits per heavy atom. The molecule has 66 valence electrons. The number of aromatic hydroxyl groups is 2. The number of hydrogen-bond donors (Lipinski definition) is 2. The predicted molar refractivity (Wildman–Crippen MR) is 47.2 cm³/mol. The average molecular weight is 209 g/mol. The van der Waals surface area contributed by atoms with Crippen LogP contribution in [-0.4, -0.2) is 15.5 Å². The van der Waals surface area contributed by atoms with E-state index in [4.69, 9.17) is 21.8 Å². The van der Waals surface area contributed by atoms with Crippen LogP contribution in [-0.2, 0) is 0 Å². The van der Waals surface area contributed by atoms with Crippen molar-refractivity contribution in [3.05, 3.63) is 23.8 Å². The van der Waals surface area contributed by atoms with Gasteiger partial charge in [0.1, 0.15) is 11.5 Å². The van der Waals surface area contributed by atoms with Crippen molar-refractivity contribution < 1.29 is 15.0 Å². The lowest BCUT2D eigenvalue weighted by Gasteiger charge is -1.97. The number of phenolic OH excluding ortho intramolecular Hbond substituents is 2. The van der Waals surface area contributed by atoms with E-state index >= 15 is 0 Å². The highest BCUT2D eigenvalue weighted by Gasteiger charge is 2.07. The SMILES string of the molecule is Cl.O=C(Cl)c1ccc(O)cc1O. The van der Waals surface area contributed by atoms with Gasteiger partial charge in [-0.3, -0.25) is 4.79 Å². The van der Waals surface area contributed by atoms with E-state index in [2.05, 4.69) is 0 Å². The largest absolute Gasteiger partial charge is 0.508 e. The summed E-state index contributed by atoms with van der Waals surface area (Å²) >= 11 is 5.08. The summed E-state index contributed by atoms with van der Waals surface area (Å²) < 4.78 is 0. The maximum atomic E-state index is 10.5. The van der Waals surface area contributed by atoms with E-state index in [1.807, 2.05) is 0 Å². The molecule has 1 rings (SSSR count). The summed E-state index contributed by atoms with van der Waals surface area (Å²) in [5.41, 5.74) is -0.00975. The molecule has 0 heterocycles. The molecular weight excluding hydrogens is 203 g/mol. The molecule has 0 aliphatic rings. The Hall–Kier alpha value is -0.930. The molecule has 0 unspecified atom stereocenters. The van der Waals surface area contributed by atoms with Crippen LogP contribution in [0.5, 0.6) is 11.5 Å². The predicted octanol–water partition coefficient (Wildman–Crippen LogP) is 1.90. The van der Waals surface area contributed by atoms with Gasteiger partial charge in [-0.1, -0.05) is 0 Å². The van der Waals surface area contributed by atoms with E-state index < -0.39 is 5.24 Å². The van der Waals surface area contributed by atoms with Crippen LogP contribution in [0.1, 0.15) is 10.4 Å². The van der Waals surface area contributed by atoms with Crippen LogP contribution in [0.3, 0.4) is 0 Å². The van der Waals surface area contributed by atoms with Crippen molar-refractivity contribution in [3.63, 3.8) is 0 Å². The second-order valence-electron chi connectivity index (χ2n) is 1.98. The molecule has 5 heteroatoms. The molecule has 0 saturated carbocycles. The zero-order valence-electron chi connectivity index (χ0n) is 5.82. The van der Waals surface area contributed by atoms with Gasteiger partial charge in [-0.15, -0.1) is 12.4 Å². The Balaban J connectivity index is 0.00000121. The smallest absolute Gasteiger partial charge is 0.256 e. The van der Waals surface area contributed by atoms with Gasteiger partial charge in [-0.05, 0) is 23.7 Å². The third-order valence-electron chi connectivity index (χ3n) is 1.19. The Morgan fingerprint density at radius 1 is 1.33 bits per heavy atom. The Bertz CT molecular complexity index is 299. The third-order valence-corrected chi connectivity index (χ3v) is 1.40. The summed E-state index contributed by atoms with van der Waals surface area (Å²) in [6, 6.07) is 3.57. The summed E-state index contributed by atoms with van der Waals surface area (Å²) in [6.07, 6.45) is 0. The molecule has 12 heavy (non-hydrogen) atoms. The van der Waals surface area contributed by atoms with Crippen LogP contribution in [0.15, 0.2) is 18.2 Å². The Labute approximate surface area is 80.0 Å². The number of rotatable bonds is 1. The number of hydrogen-bond acceptors (Lipinski definition) is 3. The van der Waals surface area contributed by atoms with Gasteiger partial charge in [0.05, 0.1) is 5.56 Å². The van der Waals surface area contributed by atoms with Crippen LogP contribution in [0.4, 0.5) is 0 Å². The van der Waals surface area contributed by atoms with Crippen molar-refractivity contribution in [3.8, 4) is 11.5 Å². The zero-order chi connectivity index (χ0) is 8.43. The van der Waals surface area contributed by atoms with Crippen molar-refractivity contribution in [2.45, 2.75) is 0 Å². The first kappa shape index (κ1) is 11.1. The molecule has 0 aliphatic heterocycles. The fourth-order valence-electron chi connectivity index (χ4n) is 0.686. The van der Waals surface area contributed by atoms with Gasteiger partial charge in [0.15, 0.2) is 0 Å². The van der Waals surface area contributed by atoms with Gasteiger partial charge in [0.2, 0.25) is 0 Å². The topological polar surface area (TPSA) is 57.5 Å². The van der Waals surface area contributed by atoms with Gasteiger partial charge in [0, 0.05) is 6.07 Å². The molecule has 0 atom stereocenters. The van der Waals surface area contributed by atoms with E-state index in [0.717, 1.165) is 6.07 Å². The van der Waals surface area contributed by atoms with E-state index in [-0.39, 0.29) is 29.5 Å². The molecule has 0 amide bonds. The van der Waals surface area contributed by atoms with Gasteiger partial charge in [0.25, 0.3) is 5.24 Å². The maximum absolute atomic E-state index is 10.5. The summed E-state index contributed by atoms with van der Waals surface area (Å²) in [5.74, 6) is -0.422. The minimum atomic E-state index is -0.748. The first-order valence-corrected chi connectivity index (χ1v) is 3.21. The van der Waals surface area contributed by atoms with E-state index in [9.17, 15) is 4.79 Å². The second-order valence-corrected chi connectivity index (χ2v) is 2.32. The van der Waals surface area contributed by atoms with Gasteiger partial charge < -0.3 is 10.2 Å². The van der Waals surface area contributed by atoms with E-state index in [1.54, 1.807) is 0 Å². The molecule has 0 saturated heterocycles. The molecule has 2 N–H and O–H groups in total. The van der Waals surface area contributed by atoms with Crippen LogP contribution in [0.25, 0.3) is 0 Å². The van der Waals surface area contributed by atoms with Crippen molar-refractivity contribution in [1.82, 2.24) is 0 Å². The monoisotopic (exact) mass is 208 g/mol. The highest BCUT2D eigenvalue weighted by Crippen LogP contribution is 2.23. The molecule has 0 aliphatic carbocycles. The van der Waals surface area contributed by atoms with Gasteiger partial charge in [-0.2, -0.15) is 0 Å². The second kappa shape index (κ2) is 4.18. The average Bonchev–Trinajstić information content (AvgIpc) is 1.85. The molecule has 1 aromatic rings. The fourth-order valence-corrected chi connectivity index (χ4v) is 0.846. The van der Waals surface area contributed by atoms with Crippen molar-refractivity contribution in [2.24, 2.45) is 0 Å². The number of phenols is 2. The highest BCUT2D eigenvalue weighted by atomic mass is 35.5. The van der Waals surface area contributed by atoms with Crippen LogP contribution < -0.4 is 0 Å². The third kappa shape index (κ3) is 2.29. The quantitative estimate of drug-likeness (QED) is 0.694. The first-order chi connectivity index (χ1) is 5.11. The fraction of sp³-hybridized carbons (Fsp3) is 0. The number of benzene rings is 1. The number of halogens is 2. The normalized spacial score (nSPS) is 8.75. The van der Waals surface area contributed by atoms with Gasteiger partial charge in [-0.25, -0.2) is 0 Å². The van der Waals surface area contributed by atoms with Crippen molar-refractivity contribution >= 4 is 29.3 Å². The minimum Gasteiger partial charge on any atom is -0.508 e. The lowest BCUT2D eigenvalue weighted by molar-refractivity contribution is 0.107. The Kier molecular flexibility index (Phi) is 3.86. The summed E-state index contributed by atoms with van der Waals surface area (Å²) in [6.45, 7) is 0. The molecule has 3 nitrogen and oxygen atoms in total. The summed E-state index contributed by atoms with van der Waals surface area (Å²) in [7, 11) is 0.